The number of hydrogen-bond donors (Lipinski definition) is 0. The molecule has 3 heterocycles. The summed E-state index contributed by atoms with van der Waals surface area (Å²) in [4.78, 5) is 18.5. The first-order valence-electron chi connectivity index (χ1n) is 15.1. The van der Waals surface area contributed by atoms with E-state index in [-0.39, 0.29) is 0 Å². The molecule has 6 heteroatoms. The van der Waals surface area contributed by atoms with E-state index >= 15 is 0 Å². The number of benzene rings is 4. The fraction of sp³-hybridized carbons (Fsp3) is 0.0500. The minimum Gasteiger partial charge on any atom is -0.457 e. The van der Waals surface area contributed by atoms with Crippen LogP contribution >= 0.6 is 0 Å². The summed E-state index contributed by atoms with van der Waals surface area (Å²) in [6.07, 6.45) is 7.17. The van der Waals surface area contributed by atoms with Crippen LogP contribution in [0.25, 0.3) is 33.6 Å². The molecule has 0 N–H and O–H groups in total. The van der Waals surface area contributed by atoms with Crippen molar-refractivity contribution in [1.82, 2.24) is 19.9 Å². The number of rotatable bonds is 7. The van der Waals surface area contributed by atoms with E-state index in [1.807, 2.05) is 103 Å². The number of aromatic nitrogens is 4. The van der Waals surface area contributed by atoms with E-state index in [2.05, 4.69) is 41.2 Å². The van der Waals surface area contributed by atoms with Crippen molar-refractivity contribution in [1.29, 1.82) is 0 Å². The van der Waals surface area contributed by atoms with Crippen molar-refractivity contribution in [2.45, 2.75) is 12.3 Å². The zero-order valence-electron chi connectivity index (χ0n) is 25.0. The maximum absolute atomic E-state index is 6.45. The Morgan fingerprint density at radius 1 is 0.435 bits per heavy atom. The van der Waals surface area contributed by atoms with Crippen LogP contribution in [-0.4, -0.2) is 19.9 Å². The summed E-state index contributed by atoms with van der Waals surface area (Å²) in [5, 5.41) is 0. The normalized spacial score (nSPS) is 12.6. The first-order valence-corrected chi connectivity index (χ1v) is 15.1. The molecule has 0 amide bonds. The fourth-order valence-electron chi connectivity index (χ4n) is 6.19. The van der Waals surface area contributed by atoms with Gasteiger partial charge in [0.15, 0.2) is 0 Å². The number of hydrogen-bond acceptors (Lipinski definition) is 6. The van der Waals surface area contributed by atoms with Gasteiger partial charge in [-0.15, -0.1) is 0 Å². The molecule has 0 spiro atoms. The van der Waals surface area contributed by atoms with Crippen molar-refractivity contribution in [3.8, 4) is 56.6 Å². The number of ether oxygens (including phenoxy) is 2. The first-order chi connectivity index (χ1) is 22.6. The molecule has 8 rings (SSSR count). The van der Waals surface area contributed by atoms with Crippen LogP contribution in [0, 0.1) is 0 Å². The highest BCUT2D eigenvalue weighted by atomic mass is 16.5. The molecule has 4 aromatic carbocycles. The molecule has 1 aliphatic carbocycles. The lowest BCUT2D eigenvalue weighted by molar-refractivity contribution is 0.479. The largest absolute Gasteiger partial charge is 0.457 e. The Hall–Kier alpha value is -6.14. The summed E-state index contributed by atoms with van der Waals surface area (Å²) in [6.45, 7) is 2.17. The van der Waals surface area contributed by atoms with Crippen molar-refractivity contribution in [3.05, 3.63) is 169 Å². The second-order valence-electron chi connectivity index (χ2n) is 11.3. The summed E-state index contributed by atoms with van der Waals surface area (Å²) in [6, 6.07) is 42.1. The molecule has 0 fully saturated rings. The van der Waals surface area contributed by atoms with E-state index in [0.717, 1.165) is 67.8 Å². The molecule has 46 heavy (non-hydrogen) atoms. The van der Waals surface area contributed by atoms with Gasteiger partial charge >= 0.3 is 0 Å². The molecule has 0 atom stereocenters. The molecule has 220 valence electrons. The summed E-state index contributed by atoms with van der Waals surface area (Å²) >= 11 is 0. The van der Waals surface area contributed by atoms with Gasteiger partial charge in [0.05, 0.1) is 16.8 Å². The molecule has 0 saturated carbocycles. The second-order valence-corrected chi connectivity index (χ2v) is 11.3. The molecule has 0 radical (unpaired) electrons. The van der Waals surface area contributed by atoms with E-state index < -0.39 is 5.41 Å². The Morgan fingerprint density at radius 2 is 0.913 bits per heavy atom. The number of fused-ring (bicyclic) bond motifs is 3. The molecular formula is C40H28N4O2. The zero-order chi connectivity index (χ0) is 30.9. The third-order valence-corrected chi connectivity index (χ3v) is 8.42. The third-order valence-electron chi connectivity index (χ3n) is 8.42. The highest BCUT2D eigenvalue weighted by Crippen LogP contribution is 2.53. The lowest BCUT2D eigenvalue weighted by atomic mass is 9.79. The lowest BCUT2D eigenvalue weighted by Gasteiger charge is -2.26. The van der Waals surface area contributed by atoms with Crippen molar-refractivity contribution >= 4 is 0 Å². The molecule has 7 aromatic rings. The van der Waals surface area contributed by atoms with Crippen molar-refractivity contribution < 1.29 is 9.47 Å². The van der Waals surface area contributed by atoms with Gasteiger partial charge in [-0.2, -0.15) is 0 Å². The average Bonchev–Trinajstić information content (AvgIpc) is 3.37. The van der Waals surface area contributed by atoms with Gasteiger partial charge in [-0.05, 0) is 108 Å². The molecule has 0 bridgehead atoms. The van der Waals surface area contributed by atoms with Gasteiger partial charge < -0.3 is 9.47 Å². The van der Waals surface area contributed by atoms with Crippen LogP contribution in [0.15, 0.2) is 152 Å². The van der Waals surface area contributed by atoms with Gasteiger partial charge in [0.1, 0.15) is 28.8 Å². The Kier molecular flexibility index (Phi) is 6.80. The summed E-state index contributed by atoms with van der Waals surface area (Å²) in [5.74, 6) is 3.64. The van der Waals surface area contributed by atoms with Gasteiger partial charge in [-0.3, -0.25) is 9.97 Å². The maximum atomic E-state index is 6.45. The van der Waals surface area contributed by atoms with E-state index in [0.29, 0.717) is 5.82 Å². The smallest absolute Gasteiger partial charge is 0.142 e. The van der Waals surface area contributed by atoms with E-state index in [1.54, 1.807) is 24.8 Å². The van der Waals surface area contributed by atoms with Crippen molar-refractivity contribution in [3.63, 3.8) is 0 Å². The Bertz CT molecular complexity index is 2040. The van der Waals surface area contributed by atoms with Crippen LogP contribution in [0.5, 0.6) is 23.0 Å². The minimum atomic E-state index is -0.643. The summed E-state index contributed by atoms with van der Waals surface area (Å²) < 4.78 is 12.9. The fourth-order valence-corrected chi connectivity index (χ4v) is 6.19. The molecule has 1 aliphatic rings. The Balaban J connectivity index is 1.16. The van der Waals surface area contributed by atoms with E-state index in [1.165, 1.54) is 0 Å². The highest BCUT2D eigenvalue weighted by Gasteiger charge is 2.43. The monoisotopic (exact) mass is 596 g/mol. The van der Waals surface area contributed by atoms with Crippen LogP contribution in [0.1, 0.15) is 23.9 Å². The van der Waals surface area contributed by atoms with Crippen LogP contribution in [0.2, 0.25) is 0 Å². The van der Waals surface area contributed by atoms with Gasteiger partial charge in [0, 0.05) is 35.9 Å². The highest BCUT2D eigenvalue weighted by molar-refractivity contribution is 5.84. The van der Waals surface area contributed by atoms with Gasteiger partial charge in [-0.25, -0.2) is 9.97 Å². The van der Waals surface area contributed by atoms with Crippen LogP contribution < -0.4 is 9.47 Å². The predicted molar refractivity (Wildman–Crippen MR) is 179 cm³/mol. The third kappa shape index (κ3) is 4.96. The topological polar surface area (TPSA) is 70.0 Å². The van der Waals surface area contributed by atoms with Crippen LogP contribution in [0.3, 0.4) is 0 Å². The van der Waals surface area contributed by atoms with Crippen LogP contribution in [0.4, 0.5) is 0 Å². The molecule has 3 aromatic heterocycles. The zero-order valence-corrected chi connectivity index (χ0v) is 25.0. The van der Waals surface area contributed by atoms with Gasteiger partial charge in [0.25, 0.3) is 0 Å². The van der Waals surface area contributed by atoms with Crippen molar-refractivity contribution in [2.24, 2.45) is 0 Å². The van der Waals surface area contributed by atoms with Gasteiger partial charge in [-0.1, -0.05) is 48.5 Å². The molecule has 0 saturated heterocycles. The minimum absolute atomic E-state index is 0.643. The average molecular weight is 597 g/mol. The van der Waals surface area contributed by atoms with Crippen molar-refractivity contribution in [2.75, 3.05) is 0 Å². The Labute approximate surface area is 267 Å². The first kappa shape index (κ1) is 27.4. The summed E-state index contributed by atoms with van der Waals surface area (Å²) in [5.41, 5.74) is 7.50. The van der Waals surface area contributed by atoms with E-state index in [4.69, 9.17) is 19.4 Å². The molecule has 6 nitrogen and oxygen atoms in total. The standard InChI is InChI=1S/C40H28N4O2/c1-40(39-43-21-8-22-44-39)35-25-31(45-29-11-6-9-27(23-29)37-13-2-4-19-41-37)15-17-33(35)34-18-16-32(26-36(34)40)46-30-12-7-10-28(24-30)38-14-3-5-20-42-38/h2-26H,1H3. The van der Waals surface area contributed by atoms with Crippen LogP contribution in [-0.2, 0) is 5.41 Å². The quantitative estimate of drug-likeness (QED) is 0.183. The second kappa shape index (κ2) is 11.4. The Morgan fingerprint density at radius 3 is 1.39 bits per heavy atom. The summed E-state index contributed by atoms with van der Waals surface area (Å²) in [7, 11) is 0. The predicted octanol–water partition coefficient (Wildman–Crippen LogP) is 9.52. The number of nitrogens with zero attached hydrogens (tertiary/aromatic N) is 4. The molecular weight excluding hydrogens is 568 g/mol. The number of pyridine rings is 2. The lowest BCUT2D eigenvalue weighted by Crippen LogP contribution is -2.25. The van der Waals surface area contributed by atoms with Gasteiger partial charge in [0.2, 0.25) is 0 Å². The SMILES string of the molecule is CC1(c2ncccn2)c2cc(Oc3cccc(-c4ccccn4)c3)ccc2-c2ccc(Oc3cccc(-c4ccccn4)c3)cc21. The molecule has 0 aliphatic heterocycles. The molecule has 0 unspecified atom stereocenters. The van der Waals surface area contributed by atoms with E-state index in [9.17, 15) is 0 Å². The maximum Gasteiger partial charge on any atom is 0.142 e.